The molecule has 0 heterocycles. The summed E-state index contributed by atoms with van der Waals surface area (Å²) < 4.78 is 27.2. The minimum Gasteiger partial charge on any atom is -0.507 e. The van der Waals surface area contributed by atoms with E-state index in [1.807, 2.05) is 0 Å². The highest BCUT2D eigenvalue weighted by atomic mass is 79.9. The fourth-order valence-corrected chi connectivity index (χ4v) is 1.94. The average Bonchev–Trinajstić information content (AvgIpc) is 2.33. The van der Waals surface area contributed by atoms with Crippen molar-refractivity contribution < 1.29 is 13.9 Å². The number of phenols is 1. The first-order valence-electron chi connectivity index (χ1n) is 5.23. The number of hydrogen-bond acceptors (Lipinski definition) is 2. The Bertz CT molecular complexity index is 555. The first-order valence-corrected chi connectivity index (χ1v) is 6.02. The molecule has 0 fully saturated rings. The van der Waals surface area contributed by atoms with E-state index in [2.05, 4.69) is 21.2 Å². The van der Waals surface area contributed by atoms with Crippen LogP contribution in [0.2, 0.25) is 0 Å². The standard InChI is InChI=1S/C13H10BrF2NO/c14-9-6-8(4-5-12(9)18)7-17-13-10(15)2-1-3-11(13)16/h1-6,17-18H,7H2. The van der Waals surface area contributed by atoms with E-state index < -0.39 is 11.6 Å². The molecule has 2 nitrogen and oxygen atoms in total. The van der Waals surface area contributed by atoms with E-state index in [0.717, 1.165) is 5.56 Å². The van der Waals surface area contributed by atoms with Crippen LogP contribution in [-0.2, 0) is 6.54 Å². The number of halogens is 3. The van der Waals surface area contributed by atoms with Crippen molar-refractivity contribution in [3.63, 3.8) is 0 Å². The summed E-state index contributed by atoms with van der Waals surface area (Å²) >= 11 is 3.18. The maximum Gasteiger partial charge on any atom is 0.149 e. The molecule has 5 heteroatoms. The molecule has 18 heavy (non-hydrogen) atoms. The molecule has 0 amide bonds. The Morgan fingerprint density at radius 2 is 1.78 bits per heavy atom. The first-order chi connectivity index (χ1) is 8.58. The van der Waals surface area contributed by atoms with Crippen molar-refractivity contribution in [3.05, 3.63) is 58.1 Å². The van der Waals surface area contributed by atoms with Gasteiger partial charge in [-0.2, -0.15) is 0 Å². The molecule has 2 rings (SSSR count). The number of phenolic OH excluding ortho intramolecular Hbond substituents is 1. The van der Waals surface area contributed by atoms with Gasteiger partial charge in [-0.15, -0.1) is 0 Å². The van der Waals surface area contributed by atoms with Gasteiger partial charge in [-0.3, -0.25) is 0 Å². The quantitative estimate of drug-likeness (QED) is 0.896. The minimum atomic E-state index is -0.632. The van der Waals surface area contributed by atoms with Crippen LogP contribution in [0.5, 0.6) is 5.75 Å². The maximum absolute atomic E-state index is 13.3. The lowest BCUT2D eigenvalue weighted by atomic mass is 10.2. The summed E-state index contributed by atoms with van der Waals surface area (Å²) in [6.07, 6.45) is 0. The molecule has 2 N–H and O–H groups in total. The molecule has 0 aliphatic carbocycles. The summed E-state index contributed by atoms with van der Waals surface area (Å²) in [4.78, 5) is 0. The highest BCUT2D eigenvalue weighted by Crippen LogP contribution is 2.25. The van der Waals surface area contributed by atoms with Crippen molar-refractivity contribution in [2.45, 2.75) is 6.54 Å². The number of rotatable bonds is 3. The lowest BCUT2D eigenvalue weighted by Gasteiger charge is -2.09. The van der Waals surface area contributed by atoms with E-state index in [1.54, 1.807) is 12.1 Å². The second kappa shape index (κ2) is 5.35. The lowest BCUT2D eigenvalue weighted by molar-refractivity contribution is 0.471. The van der Waals surface area contributed by atoms with Gasteiger partial charge in [0, 0.05) is 6.54 Å². The molecule has 2 aromatic carbocycles. The van der Waals surface area contributed by atoms with Crippen molar-refractivity contribution in [1.29, 1.82) is 0 Å². The second-order valence-electron chi connectivity index (χ2n) is 3.74. The van der Waals surface area contributed by atoms with Gasteiger partial charge in [-0.25, -0.2) is 8.78 Å². The highest BCUT2D eigenvalue weighted by molar-refractivity contribution is 9.10. The smallest absolute Gasteiger partial charge is 0.149 e. The van der Waals surface area contributed by atoms with Gasteiger partial charge in [0.15, 0.2) is 0 Å². The van der Waals surface area contributed by atoms with Gasteiger partial charge in [0.25, 0.3) is 0 Å². The molecule has 0 bridgehead atoms. The Morgan fingerprint density at radius 3 is 2.39 bits per heavy atom. The van der Waals surface area contributed by atoms with Crippen molar-refractivity contribution in [2.75, 3.05) is 5.32 Å². The Kier molecular flexibility index (Phi) is 3.81. The van der Waals surface area contributed by atoms with Crippen LogP contribution in [0.4, 0.5) is 14.5 Å². The Balaban J connectivity index is 2.14. The summed E-state index contributed by atoms with van der Waals surface area (Å²) in [6.45, 7) is 0.261. The summed E-state index contributed by atoms with van der Waals surface area (Å²) in [6, 6.07) is 8.56. The zero-order chi connectivity index (χ0) is 13.1. The molecule has 0 radical (unpaired) electrons. The van der Waals surface area contributed by atoms with Crippen molar-refractivity contribution in [2.24, 2.45) is 0 Å². The third-order valence-electron chi connectivity index (χ3n) is 2.44. The first kappa shape index (κ1) is 12.8. The molecule has 0 aliphatic rings. The Morgan fingerprint density at radius 1 is 1.11 bits per heavy atom. The number of aromatic hydroxyl groups is 1. The molecule has 0 aliphatic heterocycles. The van der Waals surface area contributed by atoms with Crippen molar-refractivity contribution >= 4 is 21.6 Å². The maximum atomic E-state index is 13.3. The topological polar surface area (TPSA) is 32.3 Å². The highest BCUT2D eigenvalue weighted by Gasteiger charge is 2.07. The van der Waals surface area contributed by atoms with Crippen LogP contribution in [0.3, 0.4) is 0 Å². The number of anilines is 1. The number of nitrogens with one attached hydrogen (secondary N) is 1. The van der Waals surface area contributed by atoms with Crippen LogP contribution in [0.25, 0.3) is 0 Å². The molecule has 94 valence electrons. The molecule has 0 aromatic heterocycles. The second-order valence-corrected chi connectivity index (χ2v) is 4.59. The Hall–Kier alpha value is -1.62. The number of hydrogen-bond donors (Lipinski definition) is 2. The Labute approximate surface area is 111 Å². The molecule has 0 saturated heterocycles. The van der Waals surface area contributed by atoms with E-state index in [-0.39, 0.29) is 18.0 Å². The number of para-hydroxylation sites is 1. The van der Waals surface area contributed by atoms with E-state index in [1.165, 1.54) is 24.3 Å². The van der Waals surface area contributed by atoms with Crippen LogP contribution in [0.15, 0.2) is 40.9 Å². The molecule has 0 atom stereocenters. The van der Waals surface area contributed by atoms with Crippen molar-refractivity contribution in [3.8, 4) is 5.75 Å². The van der Waals surface area contributed by atoms with Crippen LogP contribution in [-0.4, -0.2) is 5.11 Å². The van der Waals surface area contributed by atoms with Gasteiger partial charge in [0.1, 0.15) is 23.1 Å². The van der Waals surface area contributed by atoms with Gasteiger partial charge in [0.05, 0.1) is 4.47 Å². The zero-order valence-electron chi connectivity index (χ0n) is 9.25. The molecule has 0 unspecified atom stereocenters. The van der Waals surface area contributed by atoms with E-state index in [9.17, 15) is 13.9 Å². The van der Waals surface area contributed by atoms with Gasteiger partial charge in [0.2, 0.25) is 0 Å². The van der Waals surface area contributed by atoms with E-state index in [4.69, 9.17) is 0 Å². The normalized spacial score (nSPS) is 10.4. The van der Waals surface area contributed by atoms with Gasteiger partial charge >= 0.3 is 0 Å². The van der Waals surface area contributed by atoms with Crippen molar-refractivity contribution in [1.82, 2.24) is 0 Å². The van der Waals surface area contributed by atoms with Gasteiger partial charge in [-0.1, -0.05) is 12.1 Å². The molecule has 0 spiro atoms. The summed E-state index contributed by atoms with van der Waals surface area (Å²) in [5.74, 6) is -1.14. The predicted molar refractivity (Wildman–Crippen MR) is 69.5 cm³/mol. The summed E-state index contributed by atoms with van der Waals surface area (Å²) in [5.41, 5.74) is 0.643. The van der Waals surface area contributed by atoms with E-state index >= 15 is 0 Å². The average molecular weight is 314 g/mol. The van der Waals surface area contributed by atoms with Gasteiger partial charge < -0.3 is 10.4 Å². The van der Waals surface area contributed by atoms with Gasteiger partial charge in [-0.05, 0) is 45.8 Å². The molecule has 0 saturated carbocycles. The lowest BCUT2D eigenvalue weighted by Crippen LogP contribution is -2.03. The van der Waals surface area contributed by atoms with Crippen LogP contribution in [0, 0.1) is 11.6 Å². The van der Waals surface area contributed by atoms with E-state index in [0.29, 0.717) is 4.47 Å². The zero-order valence-corrected chi connectivity index (χ0v) is 10.8. The van der Waals surface area contributed by atoms with Crippen LogP contribution < -0.4 is 5.32 Å². The molecular formula is C13H10BrF2NO. The third-order valence-corrected chi connectivity index (χ3v) is 3.08. The third kappa shape index (κ3) is 2.79. The predicted octanol–water partition coefficient (Wildman–Crippen LogP) is 4.05. The minimum absolute atomic E-state index is 0.121. The fourth-order valence-electron chi connectivity index (χ4n) is 1.52. The summed E-state index contributed by atoms with van der Waals surface area (Å²) in [5, 5.41) is 12.0. The fraction of sp³-hybridized carbons (Fsp3) is 0.0769. The summed E-state index contributed by atoms with van der Waals surface area (Å²) in [7, 11) is 0. The monoisotopic (exact) mass is 313 g/mol. The molecular weight excluding hydrogens is 304 g/mol. The largest absolute Gasteiger partial charge is 0.507 e. The van der Waals surface area contributed by atoms with Crippen LogP contribution >= 0.6 is 15.9 Å². The number of benzene rings is 2. The molecule has 2 aromatic rings. The van der Waals surface area contributed by atoms with Crippen LogP contribution in [0.1, 0.15) is 5.56 Å². The SMILES string of the molecule is Oc1ccc(CNc2c(F)cccc2F)cc1Br.